The molecule has 1 aliphatic heterocycles. The standard InChI is InChI=1S/C16H25N3O/c1-12(20)19-9-6-13(7-10-19)18-14-5-8-17-15(11-14)16(2,3)4/h5,8,11,13H,6-7,9-10H2,1-4H3,(H,17,18). The molecule has 1 amide bonds. The predicted octanol–water partition coefficient (Wildman–Crippen LogP) is 2.80. The topological polar surface area (TPSA) is 45.2 Å². The van der Waals surface area contributed by atoms with Crippen molar-refractivity contribution in [3.8, 4) is 0 Å². The van der Waals surface area contributed by atoms with Crippen LogP contribution in [0.4, 0.5) is 5.69 Å². The van der Waals surface area contributed by atoms with Gasteiger partial charge >= 0.3 is 0 Å². The summed E-state index contributed by atoms with van der Waals surface area (Å²) in [5, 5.41) is 3.57. The number of carbonyl (C=O) groups excluding carboxylic acids is 1. The van der Waals surface area contributed by atoms with Crippen LogP contribution in [0.25, 0.3) is 0 Å². The summed E-state index contributed by atoms with van der Waals surface area (Å²) in [7, 11) is 0. The van der Waals surface area contributed by atoms with Gasteiger partial charge < -0.3 is 10.2 Å². The maximum absolute atomic E-state index is 11.3. The van der Waals surface area contributed by atoms with Gasteiger partial charge in [0, 0.05) is 49.0 Å². The summed E-state index contributed by atoms with van der Waals surface area (Å²) in [4.78, 5) is 17.7. The fourth-order valence-electron chi connectivity index (χ4n) is 2.50. The number of aromatic nitrogens is 1. The maximum Gasteiger partial charge on any atom is 0.219 e. The van der Waals surface area contributed by atoms with Gasteiger partial charge in [0.1, 0.15) is 0 Å². The summed E-state index contributed by atoms with van der Waals surface area (Å²) in [6.07, 6.45) is 3.88. The molecule has 0 atom stereocenters. The van der Waals surface area contributed by atoms with Gasteiger partial charge in [-0.1, -0.05) is 20.8 Å². The number of amides is 1. The molecule has 1 N–H and O–H groups in total. The van der Waals surface area contributed by atoms with Gasteiger partial charge in [-0.05, 0) is 25.0 Å². The van der Waals surface area contributed by atoms with Gasteiger partial charge in [-0.25, -0.2) is 0 Å². The summed E-state index contributed by atoms with van der Waals surface area (Å²) < 4.78 is 0. The van der Waals surface area contributed by atoms with Crippen LogP contribution in [0, 0.1) is 0 Å². The molecule has 20 heavy (non-hydrogen) atoms. The van der Waals surface area contributed by atoms with Crippen molar-refractivity contribution in [2.75, 3.05) is 18.4 Å². The maximum atomic E-state index is 11.3. The Morgan fingerprint density at radius 1 is 1.35 bits per heavy atom. The van der Waals surface area contributed by atoms with Crippen LogP contribution in [0.2, 0.25) is 0 Å². The third kappa shape index (κ3) is 3.71. The predicted molar refractivity (Wildman–Crippen MR) is 81.8 cm³/mol. The zero-order valence-electron chi connectivity index (χ0n) is 12.9. The normalized spacial score (nSPS) is 17.1. The van der Waals surface area contributed by atoms with Crippen LogP contribution in [0.15, 0.2) is 18.3 Å². The third-order valence-corrected chi connectivity index (χ3v) is 3.84. The Morgan fingerprint density at radius 3 is 2.55 bits per heavy atom. The van der Waals surface area contributed by atoms with Crippen molar-refractivity contribution < 1.29 is 4.79 Å². The fourth-order valence-corrected chi connectivity index (χ4v) is 2.50. The Balaban J connectivity index is 1.96. The first-order valence-electron chi connectivity index (χ1n) is 7.35. The Bertz CT molecular complexity index is 471. The zero-order valence-corrected chi connectivity index (χ0v) is 12.9. The van der Waals surface area contributed by atoms with Crippen LogP contribution in [0.5, 0.6) is 0 Å². The van der Waals surface area contributed by atoms with E-state index in [1.807, 2.05) is 17.2 Å². The minimum Gasteiger partial charge on any atom is -0.382 e. The lowest BCUT2D eigenvalue weighted by Gasteiger charge is -2.32. The Kier molecular flexibility index (Phi) is 4.31. The number of anilines is 1. The molecule has 1 fully saturated rings. The van der Waals surface area contributed by atoms with Gasteiger partial charge in [-0.2, -0.15) is 0 Å². The quantitative estimate of drug-likeness (QED) is 0.902. The van der Waals surface area contributed by atoms with Crippen molar-refractivity contribution in [1.29, 1.82) is 0 Å². The van der Waals surface area contributed by atoms with E-state index >= 15 is 0 Å². The van der Waals surface area contributed by atoms with Gasteiger partial charge in [0.25, 0.3) is 0 Å². The molecule has 4 heteroatoms. The minimum absolute atomic E-state index is 0.0652. The number of hydrogen-bond acceptors (Lipinski definition) is 3. The molecule has 2 rings (SSSR count). The Labute approximate surface area is 121 Å². The number of nitrogens with one attached hydrogen (secondary N) is 1. The van der Waals surface area contributed by atoms with Gasteiger partial charge in [0.15, 0.2) is 0 Å². The molecule has 0 radical (unpaired) electrons. The molecule has 2 heterocycles. The highest BCUT2D eigenvalue weighted by atomic mass is 16.2. The molecule has 0 spiro atoms. The molecular formula is C16H25N3O. The molecule has 110 valence electrons. The number of carbonyl (C=O) groups is 1. The first kappa shape index (κ1) is 14.8. The Hall–Kier alpha value is -1.58. The van der Waals surface area contributed by atoms with Gasteiger partial charge in [0.05, 0.1) is 0 Å². The van der Waals surface area contributed by atoms with E-state index in [1.165, 1.54) is 0 Å². The van der Waals surface area contributed by atoms with Crippen molar-refractivity contribution in [3.63, 3.8) is 0 Å². The van der Waals surface area contributed by atoms with E-state index in [0.717, 1.165) is 37.3 Å². The molecule has 0 unspecified atom stereocenters. The lowest BCUT2D eigenvalue weighted by Crippen LogP contribution is -2.41. The second kappa shape index (κ2) is 5.81. The summed E-state index contributed by atoms with van der Waals surface area (Å²) >= 11 is 0. The molecule has 0 saturated carbocycles. The summed E-state index contributed by atoms with van der Waals surface area (Å²) in [5.41, 5.74) is 2.30. The number of likely N-dealkylation sites (tertiary alicyclic amines) is 1. The number of nitrogens with zero attached hydrogens (tertiary/aromatic N) is 2. The van der Waals surface area contributed by atoms with Crippen LogP contribution < -0.4 is 5.32 Å². The van der Waals surface area contributed by atoms with Crippen molar-refractivity contribution in [2.45, 2.75) is 52.0 Å². The molecule has 0 aromatic carbocycles. The SMILES string of the molecule is CC(=O)N1CCC(Nc2ccnc(C(C)(C)C)c2)CC1. The summed E-state index contributed by atoms with van der Waals surface area (Å²) in [6, 6.07) is 4.60. The van der Waals surface area contributed by atoms with Crippen LogP contribution in [0.1, 0.15) is 46.2 Å². The van der Waals surface area contributed by atoms with Crippen molar-refractivity contribution >= 4 is 11.6 Å². The lowest BCUT2D eigenvalue weighted by molar-refractivity contribution is -0.129. The van der Waals surface area contributed by atoms with Crippen molar-refractivity contribution in [3.05, 3.63) is 24.0 Å². The molecular weight excluding hydrogens is 250 g/mol. The first-order chi connectivity index (χ1) is 9.36. The highest BCUT2D eigenvalue weighted by Gasteiger charge is 2.21. The smallest absolute Gasteiger partial charge is 0.219 e. The average Bonchev–Trinajstić information content (AvgIpc) is 2.38. The fraction of sp³-hybridized carbons (Fsp3) is 0.625. The highest BCUT2D eigenvalue weighted by Crippen LogP contribution is 2.23. The van der Waals surface area contributed by atoms with E-state index in [9.17, 15) is 4.79 Å². The Morgan fingerprint density at radius 2 is 2.00 bits per heavy atom. The van der Waals surface area contributed by atoms with Gasteiger partial charge in [0.2, 0.25) is 5.91 Å². The molecule has 0 aliphatic carbocycles. The van der Waals surface area contributed by atoms with E-state index in [0.29, 0.717) is 6.04 Å². The van der Waals surface area contributed by atoms with E-state index in [4.69, 9.17) is 0 Å². The minimum atomic E-state index is 0.0652. The van der Waals surface area contributed by atoms with E-state index in [-0.39, 0.29) is 11.3 Å². The lowest BCUT2D eigenvalue weighted by atomic mass is 9.91. The third-order valence-electron chi connectivity index (χ3n) is 3.84. The van der Waals surface area contributed by atoms with Crippen LogP contribution in [-0.4, -0.2) is 34.9 Å². The molecule has 1 saturated heterocycles. The highest BCUT2D eigenvalue weighted by molar-refractivity contribution is 5.73. The van der Waals surface area contributed by atoms with Crippen LogP contribution in [-0.2, 0) is 10.2 Å². The number of piperidine rings is 1. The zero-order chi connectivity index (χ0) is 14.8. The van der Waals surface area contributed by atoms with E-state index in [1.54, 1.807) is 6.92 Å². The van der Waals surface area contributed by atoms with E-state index in [2.05, 4.69) is 37.1 Å². The summed E-state index contributed by atoms with van der Waals surface area (Å²) in [6.45, 7) is 9.86. The van der Waals surface area contributed by atoms with Crippen molar-refractivity contribution in [2.24, 2.45) is 0 Å². The number of rotatable bonds is 2. The van der Waals surface area contributed by atoms with E-state index < -0.39 is 0 Å². The second-order valence-corrected chi connectivity index (χ2v) is 6.60. The van der Waals surface area contributed by atoms with Gasteiger partial charge in [-0.15, -0.1) is 0 Å². The number of hydrogen-bond donors (Lipinski definition) is 1. The molecule has 1 aromatic rings. The molecule has 1 aliphatic rings. The molecule has 1 aromatic heterocycles. The largest absolute Gasteiger partial charge is 0.382 e. The molecule has 4 nitrogen and oxygen atoms in total. The second-order valence-electron chi connectivity index (χ2n) is 6.60. The summed E-state index contributed by atoms with van der Waals surface area (Å²) in [5.74, 6) is 0.183. The number of pyridine rings is 1. The molecule has 0 bridgehead atoms. The van der Waals surface area contributed by atoms with Crippen molar-refractivity contribution in [1.82, 2.24) is 9.88 Å². The van der Waals surface area contributed by atoms with Crippen LogP contribution >= 0.6 is 0 Å². The average molecular weight is 275 g/mol. The monoisotopic (exact) mass is 275 g/mol. The van der Waals surface area contributed by atoms with Gasteiger partial charge in [-0.3, -0.25) is 9.78 Å². The van der Waals surface area contributed by atoms with Crippen LogP contribution in [0.3, 0.4) is 0 Å². The first-order valence-corrected chi connectivity index (χ1v) is 7.35.